The lowest BCUT2D eigenvalue weighted by atomic mass is 9.97. The molecule has 0 radical (unpaired) electrons. The summed E-state index contributed by atoms with van der Waals surface area (Å²) in [6, 6.07) is 9.99. The molecule has 1 rings (SSSR count). The topological polar surface area (TPSA) is 29.1 Å². The largest absolute Gasteiger partial charge is 0.353 e. The van der Waals surface area contributed by atoms with Crippen molar-refractivity contribution in [2.75, 3.05) is 5.88 Å². The lowest BCUT2D eigenvalue weighted by molar-refractivity contribution is -0.123. The zero-order valence-corrected chi connectivity index (χ0v) is 12.1. The number of hydrogen-bond acceptors (Lipinski definition) is 1. The van der Waals surface area contributed by atoms with Gasteiger partial charge in [0.1, 0.15) is 0 Å². The average Bonchev–Trinajstić information content (AvgIpc) is 2.38. The molecule has 0 heterocycles. The zero-order chi connectivity index (χ0) is 13.5. The van der Waals surface area contributed by atoms with Crippen LogP contribution in [0.3, 0.4) is 0 Å². The molecule has 18 heavy (non-hydrogen) atoms. The maximum atomic E-state index is 12.2. The fourth-order valence-corrected chi connectivity index (χ4v) is 2.13. The minimum absolute atomic E-state index is 0.0741. The molecule has 0 spiro atoms. The highest BCUT2D eigenvalue weighted by Crippen LogP contribution is 2.16. The minimum atomic E-state index is -0.122. The second-order valence-corrected chi connectivity index (χ2v) is 5.35. The van der Waals surface area contributed by atoms with Gasteiger partial charge in [-0.2, -0.15) is 0 Å². The molecule has 2 nitrogen and oxygen atoms in total. The van der Waals surface area contributed by atoms with Gasteiger partial charge < -0.3 is 5.32 Å². The molecule has 1 N–H and O–H groups in total. The van der Waals surface area contributed by atoms with E-state index in [1.807, 2.05) is 37.3 Å². The summed E-state index contributed by atoms with van der Waals surface area (Å²) in [6.07, 6.45) is 0.812. The minimum Gasteiger partial charge on any atom is -0.353 e. The van der Waals surface area contributed by atoms with Gasteiger partial charge in [0.05, 0.1) is 5.92 Å². The van der Waals surface area contributed by atoms with E-state index >= 15 is 0 Å². The monoisotopic (exact) mass is 267 g/mol. The second kappa shape index (κ2) is 7.42. The predicted molar refractivity (Wildman–Crippen MR) is 77.0 cm³/mol. The molecular weight excluding hydrogens is 246 g/mol. The van der Waals surface area contributed by atoms with Crippen molar-refractivity contribution in [3.05, 3.63) is 35.9 Å². The second-order valence-electron chi connectivity index (χ2n) is 4.97. The molecule has 0 bridgehead atoms. The van der Waals surface area contributed by atoms with E-state index in [2.05, 4.69) is 19.2 Å². The Bertz CT molecular complexity index is 364. The van der Waals surface area contributed by atoms with Crippen molar-refractivity contribution < 1.29 is 4.79 Å². The van der Waals surface area contributed by atoms with E-state index < -0.39 is 0 Å². The molecule has 0 aliphatic carbocycles. The number of carbonyl (C=O) groups excluding carboxylic acids is 1. The summed E-state index contributed by atoms with van der Waals surface area (Å²) in [5, 5.41) is 3.09. The van der Waals surface area contributed by atoms with Crippen LogP contribution in [0.1, 0.15) is 38.7 Å². The van der Waals surface area contributed by atoms with Crippen molar-refractivity contribution in [3.8, 4) is 0 Å². The first-order chi connectivity index (χ1) is 8.56. The molecule has 1 aromatic rings. The highest BCUT2D eigenvalue weighted by atomic mass is 35.5. The molecule has 0 fully saturated rings. The van der Waals surface area contributed by atoms with Crippen LogP contribution >= 0.6 is 11.6 Å². The normalized spacial score (nSPS) is 14.3. The van der Waals surface area contributed by atoms with Crippen molar-refractivity contribution >= 4 is 17.5 Å². The van der Waals surface area contributed by atoms with Gasteiger partial charge in [0.2, 0.25) is 5.91 Å². The highest BCUT2D eigenvalue weighted by molar-refractivity contribution is 6.17. The van der Waals surface area contributed by atoms with Crippen molar-refractivity contribution in [1.82, 2.24) is 5.32 Å². The fraction of sp³-hybridized carbons (Fsp3) is 0.533. The van der Waals surface area contributed by atoms with Crippen LogP contribution in [0.15, 0.2) is 30.3 Å². The van der Waals surface area contributed by atoms with Crippen LogP contribution in [0.5, 0.6) is 0 Å². The standard InChI is InChI=1S/C15H22ClNO/c1-11(2)14(9-10-16)17-15(18)12(3)13-7-5-4-6-8-13/h4-8,11-12,14H,9-10H2,1-3H3,(H,17,18). The first-order valence-corrected chi connectivity index (χ1v) is 7.01. The van der Waals surface area contributed by atoms with Gasteiger partial charge >= 0.3 is 0 Å². The number of benzene rings is 1. The van der Waals surface area contributed by atoms with Crippen LogP contribution < -0.4 is 5.32 Å². The van der Waals surface area contributed by atoms with E-state index in [0.717, 1.165) is 12.0 Å². The van der Waals surface area contributed by atoms with Gasteiger partial charge in [0, 0.05) is 11.9 Å². The highest BCUT2D eigenvalue weighted by Gasteiger charge is 2.20. The smallest absolute Gasteiger partial charge is 0.227 e. The van der Waals surface area contributed by atoms with Gasteiger partial charge in [0.15, 0.2) is 0 Å². The van der Waals surface area contributed by atoms with E-state index in [1.165, 1.54) is 0 Å². The SMILES string of the molecule is CC(C(=O)NC(CCCl)C(C)C)c1ccccc1. The molecule has 1 aromatic carbocycles. The van der Waals surface area contributed by atoms with Crippen molar-refractivity contribution in [1.29, 1.82) is 0 Å². The summed E-state index contributed by atoms with van der Waals surface area (Å²) in [7, 11) is 0. The van der Waals surface area contributed by atoms with E-state index in [1.54, 1.807) is 0 Å². The molecule has 0 saturated heterocycles. The number of carbonyl (C=O) groups is 1. The number of nitrogens with one attached hydrogen (secondary N) is 1. The lowest BCUT2D eigenvalue weighted by Gasteiger charge is -2.23. The lowest BCUT2D eigenvalue weighted by Crippen LogP contribution is -2.40. The number of amides is 1. The Labute approximate surface area is 115 Å². The van der Waals surface area contributed by atoms with Crippen LogP contribution in [-0.2, 0) is 4.79 Å². The molecule has 2 atom stereocenters. The van der Waals surface area contributed by atoms with Crippen molar-refractivity contribution in [2.45, 2.75) is 39.2 Å². The van der Waals surface area contributed by atoms with E-state index in [-0.39, 0.29) is 17.9 Å². The quantitative estimate of drug-likeness (QED) is 0.785. The molecule has 0 aliphatic heterocycles. The van der Waals surface area contributed by atoms with Gasteiger partial charge in [-0.3, -0.25) is 4.79 Å². The first kappa shape index (κ1) is 15.0. The van der Waals surface area contributed by atoms with Crippen LogP contribution in [0, 0.1) is 5.92 Å². The third kappa shape index (κ3) is 4.34. The van der Waals surface area contributed by atoms with Crippen LogP contribution in [0.25, 0.3) is 0 Å². The molecule has 0 aliphatic rings. The number of hydrogen-bond donors (Lipinski definition) is 1. The van der Waals surface area contributed by atoms with Gasteiger partial charge in [-0.05, 0) is 24.8 Å². The summed E-state index contributed by atoms with van der Waals surface area (Å²) < 4.78 is 0. The fourth-order valence-electron chi connectivity index (χ4n) is 1.89. The Hall–Kier alpha value is -1.02. The molecule has 0 aromatic heterocycles. The molecule has 100 valence electrons. The third-order valence-electron chi connectivity index (χ3n) is 3.25. The molecule has 3 heteroatoms. The van der Waals surface area contributed by atoms with Crippen LogP contribution in [-0.4, -0.2) is 17.8 Å². The average molecular weight is 268 g/mol. The number of alkyl halides is 1. The van der Waals surface area contributed by atoms with E-state index in [0.29, 0.717) is 11.8 Å². The molecule has 2 unspecified atom stereocenters. The summed E-state index contributed by atoms with van der Waals surface area (Å²) >= 11 is 5.77. The zero-order valence-electron chi connectivity index (χ0n) is 11.3. The summed E-state index contributed by atoms with van der Waals surface area (Å²) in [5.74, 6) is 0.923. The number of halogens is 1. The van der Waals surface area contributed by atoms with Crippen LogP contribution in [0.4, 0.5) is 0 Å². The van der Waals surface area contributed by atoms with Gasteiger partial charge in [0.25, 0.3) is 0 Å². The van der Waals surface area contributed by atoms with Gasteiger partial charge in [-0.25, -0.2) is 0 Å². The van der Waals surface area contributed by atoms with Crippen molar-refractivity contribution in [2.24, 2.45) is 5.92 Å². The Kier molecular flexibility index (Phi) is 6.20. The van der Waals surface area contributed by atoms with Gasteiger partial charge in [-0.15, -0.1) is 11.6 Å². The van der Waals surface area contributed by atoms with Crippen molar-refractivity contribution in [3.63, 3.8) is 0 Å². The molecule has 0 saturated carbocycles. The number of rotatable bonds is 6. The predicted octanol–water partition coefficient (Wildman–Crippen LogP) is 3.56. The van der Waals surface area contributed by atoms with Crippen LogP contribution in [0.2, 0.25) is 0 Å². The van der Waals surface area contributed by atoms with Gasteiger partial charge in [-0.1, -0.05) is 44.2 Å². The van der Waals surface area contributed by atoms with E-state index in [9.17, 15) is 4.79 Å². The summed E-state index contributed by atoms with van der Waals surface area (Å²) in [4.78, 5) is 12.2. The Balaban J connectivity index is 2.64. The molecule has 1 amide bonds. The third-order valence-corrected chi connectivity index (χ3v) is 3.46. The molecular formula is C15H22ClNO. The maximum absolute atomic E-state index is 12.2. The maximum Gasteiger partial charge on any atom is 0.227 e. The Morgan fingerprint density at radius 2 is 1.83 bits per heavy atom. The Morgan fingerprint density at radius 3 is 2.33 bits per heavy atom. The first-order valence-electron chi connectivity index (χ1n) is 6.47. The summed E-state index contributed by atoms with van der Waals surface area (Å²) in [6.45, 7) is 6.14. The Morgan fingerprint density at radius 1 is 1.22 bits per heavy atom. The summed E-state index contributed by atoms with van der Waals surface area (Å²) in [5.41, 5.74) is 1.04. The van der Waals surface area contributed by atoms with E-state index in [4.69, 9.17) is 11.6 Å².